The first-order valence-corrected chi connectivity index (χ1v) is 11.4. The second kappa shape index (κ2) is 10.2. The summed E-state index contributed by atoms with van der Waals surface area (Å²) in [6, 6.07) is 19.5. The molecule has 3 heterocycles. The Morgan fingerprint density at radius 2 is 1.89 bits per heavy atom. The largest absolute Gasteiger partial charge is 0.271 e. The summed E-state index contributed by atoms with van der Waals surface area (Å²) in [6.07, 6.45) is 2.73. The number of rotatable bonds is 7. The number of benzene rings is 2. The number of amides is 1. The van der Waals surface area contributed by atoms with Gasteiger partial charge >= 0.3 is 0 Å². The van der Waals surface area contributed by atoms with Crippen molar-refractivity contribution in [2.24, 2.45) is 5.10 Å². The Kier molecular flexibility index (Phi) is 6.46. The lowest BCUT2D eigenvalue weighted by molar-refractivity contribution is -0.384. The predicted molar refractivity (Wildman–Crippen MR) is 133 cm³/mol. The molecule has 0 saturated heterocycles. The number of aromatic nitrogens is 6. The summed E-state index contributed by atoms with van der Waals surface area (Å²) < 4.78 is 2.85. The second-order valence-electron chi connectivity index (χ2n) is 7.38. The molecule has 0 spiro atoms. The predicted octanol–water partition coefficient (Wildman–Crippen LogP) is 2.49. The van der Waals surface area contributed by atoms with Crippen LogP contribution in [0, 0.1) is 10.1 Å². The van der Waals surface area contributed by atoms with Crippen LogP contribution in [0.2, 0.25) is 0 Å². The minimum absolute atomic E-state index is 0.0383. The number of hydrazone groups is 1. The number of hydrogen-bond acceptors (Lipinski definition) is 10. The van der Waals surface area contributed by atoms with Gasteiger partial charge < -0.3 is 0 Å². The number of nitro groups is 1. The molecule has 0 atom stereocenters. The van der Waals surface area contributed by atoms with Crippen molar-refractivity contribution in [1.82, 2.24) is 35.0 Å². The van der Waals surface area contributed by atoms with Crippen molar-refractivity contribution in [3.05, 3.63) is 111 Å². The van der Waals surface area contributed by atoms with Crippen LogP contribution in [0.25, 0.3) is 11.3 Å². The molecule has 1 amide bonds. The highest BCUT2D eigenvalue weighted by Gasteiger charge is 2.18. The van der Waals surface area contributed by atoms with E-state index in [0.29, 0.717) is 16.5 Å². The number of carbonyl (C=O) groups excluding carboxylic acids is 1. The third-order valence-electron chi connectivity index (χ3n) is 5.04. The molecule has 0 aliphatic heterocycles. The van der Waals surface area contributed by atoms with Gasteiger partial charge in [-0.3, -0.25) is 24.1 Å². The van der Waals surface area contributed by atoms with Gasteiger partial charge in [0.15, 0.2) is 0 Å². The molecule has 0 aliphatic carbocycles. The van der Waals surface area contributed by atoms with Crippen molar-refractivity contribution in [3.63, 3.8) is 0 Å². The van der Waals surface area contributed by atoms with Crippen LogP contribution in [0.1, 0.15) is 15.9 Å². The highest BCUT2D eigenvalue weighted by atomic mass is 32.2. The van der Waals surface area contributed by atoms with Gasteiger partial charge in [0.2, 0.25) is 5.16 Å². The Morgan fingerprint density at radius 3 is 2.70 bits per heavy atom. The number of non-ortho nitro benzene ring substituents is 1. The van der Waals surface area contributed by atoms with Crippen LogP contribution in [0.3, 0.4) is 0 Å². The van der Waals surface area contributed by atoms with Crippen LogP contribution >= 0.6 is 11.8 Å². The first-order chi connectivity index (χ1) is 18.0. The molecule has 2 aromatic carbocycles. The zero-order chi connectivity index (χ0) is 25.8. The summed E-state index contributed by atoms with van der Waals surface area (Å²) in [5.74, 6) is -0.684. The van der Waals surface area contributed by atoms with E-state index in [2.05, 4.69) is 31.0 Å². The lowest BCUT2D eigenvalue weighted by Crippen LogP contribution is -2.23. The highest BCUT2D eigenvalue weighted by molar-refractivity contribution is 7.99. The Bertz CT molecular complexity index is 1720. The standard InChI is InChI=1S/C23H15N9O4S/c33-20(15-7-6-10-17(13-15)32(35)36)26-24-14-18-21(25-19-11-4-5-12-30(19)22(18)34)37-23-27-28-29-31(23)16-8-2-1-3-9-16/h1-14H,(H,26,33)/b24-14-. The number of para-hydroxylation sites is 1. The molecule has 5 rings (SSSR count). The average molecular weight is 513 g/mol. The molecule has 0 fully saturated rings. The number of fused-ring (bicyclic) bond motifs is 1. The summed E-state index contributed by atoms with van der Waals surface area (Å²) in [4.78, 5) is 40.7. The summed E-state index contributed by atoms with van der Waals surface area (Å²) in [7, 11) is 0. The van der Waals surface area contributed by atoms with Crippen LogP contribution < -0.4 is 11.0 Å². The average Bonchev–Trinajstić information content (AvgIpc) is 3.39. The molecule has 0 saturated carbocycles. The fourth-order valence-electron chi connectivity index (χ4n) is 3.31. The number of nitro benzene ring substituents is 1. The maximum atomic E-state index is 13.3. The third-order valence-corrected chi connectivity index (χ3v) is 5.98. The summed E-state index contributed by atoms with van der Waals surface area (Å²) in [6.45, 7) is 0. The number of tetrazole rings is 1. The van der Waals surface area contributed by atoms with E-state index in [9.17, 15) is 19.7 Å². The highest BCUT2D eigenvalue weighted by Crippen LogP contribution is 2.27. The first kappa shape index (κ1) is 23.5. The minimum atomic E-state index is -0.684. The molecule has 0 radical (unpaired) electrons. The van der Waals surface area contributed by atoms with Crippen LogP contribution in [0.4, 0.5) is 5.69 Å². The normalized spacial score (nSPS) is 11.1. The molecule has 3 aromatic heterocycles. The van der Waals surface area contributed by atoms with Crippen molar-refractivity contribution >= 4 is 35.2 Å². The molecule has 0 aliphatic rings. The minimum Gasteiger partial charge on any atom is -0.268 e. The van der Waals surface area contributed by atoms with Crippen LogP contribution in [0.5, 0.6) is 0 Å². The molecule has 5 aromatic rings. The van der Waals surface area contributed by atoms with E-state index < -0.39 is 16.4 Å². The number of hydrogen-bond donors (Lipinski definition) is 1. The van der Waals surface area contributed by atoms with E-state index >= 15 is 0 Å². The van der Waals surface area contributed by atoms with Gasteiger partial charge in [-0.05, 0) is 52.5 Å². The molecule has 0 unspecified atom stereocenters. The Morgan fingerprint density at radius 1 is 1.08 bits per heavy atom. The van der Waals surface area contributed by atoms with Gasteiger partial charge in [0.25, 0.3) is 17.2 Å². The van der Waals surface area contributed by atoms with E-state index in [4.69, 9.17) is 0 Å². The SMILES string of the molecule is O=C(N/N=C\c1c(Sc2nnnn2-c2ccccc2)nc2ccccn2c1=O)c1cccc([N+](=O)[O-])c1. The van der Waals surface area contributed by atoms with Crippen molar-refractivity contribution < 1.29 is 9.72 Å². The summed E-state index contributed by atoms with van der Waals surface area (Å²) in [5, 5.41) is 27.3. The van der Waals surface area contributed by atoms with Crippen LogP contribution in [-0.2, 0) is 0 Å². The van der Waals surface area contributed by atoms with Crippen molar-refractivity contribution in [2.45, 2.75) is 10.2 Å². The zero-order valence-corrected chi connectivity index (χ0v) is 19.5. The second-order valence-corrected chi connectivity index (χ2v) is 8.34. The third kappa shape index (κ3) is 4.94. The Balaban J connectivity index is 1.49. The maximum Gasteiger partial charge on any atom is 0.271 e. The molecular weight excluding hydrogens is 498 g/mol. The lowest BCUT2D eigenvalue weighted by atomic mass is 10.2. The van der Waals surface area contributed by atoms with Gasteiger partial charge in [-0.2, -0.15) is 9.78 Å². The van der Waals surface area contributed by atoms with Crippen LogP contribution in [0.15, 0.2) is 99.1 Å². The number of pyridine rings is 1. The van der Waals surface area contributed by atoms with E-state index in [1.165, 1.54) is 33.5 Å². The summed E-state index contributed by atoms with van der Waals surface area (Å²) >= 11 is 1.06. The molecule has 0 bridgehead atoms. The van der Waals surface area contributed by atoms with Crippen LogP contribution in [-0.4, -0.2) is 46.6 Å². The Hall–Kier alpha value is -5.24. The van der Waals surface area contributed by atoms with E-state index in [1.807, 2.05) is 30.3 Å². The summed E-state index contributed by atoms with van der Waals surface area (Å²) in [5.41, 5.74) is 2.85. The molecule has 14 heteroatoms. The monoisotopic (exact) mass is 513 g/mol. The van der Waals surface area contributed by atoms with Crippen molar-refractivity contribution in [1.29, 1.82) is 0 Å². The lowest BCUT2D eigenvalue weighted by Gasteiger charge is -2.08. The van der Waals surface area contributed by atoms with Gasteiger partial charge in [-0.1, -0.05) is 30.3 Å². The van der Waals surface area contributed by atoms with E-state index in [1.54, 1.807) is 24.4 Å². The van der Waals surface area contributed by atoms with Gasteiger partial charge in [-0.15, -0.1) is 5.10 Å². The smallest absolute Gasteiger partial charge is 0.268 e. The molecule has 182 valence electrons. The molecule has 13 nitrogen and oxygen atoms in total. The first-order valence-electron chi connectivity index (χ1n) is 10.6. The fourth-order valence-corrected chi connectivity index (χ4v) is 4.18. The van der Waals surface area contributed by atoms with Crippen molar-refractivity contribution in [3.8, 4) is 5.69 Å². The van der Waals surface area contributed by atoms with Gasteiger partial charge in [0.05, 0.1) is 22.4 Å². The number of nitrogens with zero attached hydrogens (tertiary/aromatic N) is 8. The van der Waals surface area contributed by atoms with Crippen molar-refractivity contribution in [2.75, 3.05) is 0 Å². The molecular formula is C23H15N9O4S. The van der Waals surface area contributed by atoms with Gasteiger partial charge in [0, 0.05) is 23.9 Å². The van der Waals surface area contributed by atoms with Gasteiger partial charge in [-0.25, -0.2) is 10.4 Å². The quantitative estimate of drug-likeness (QED) is 0.149. The number of carbonyl (C=O) groups is 1. The Labute approximate surface area is 211 Å². The van der Waals surface area contributed by atoms with Gasteiger partial charge in [0.1, 0.15) is 10.7 Å². The molecule has 37 heavy (non-hydrogen) atoms. The van der Waals surface area contributed by atoms with E-state index in [-0.39, 0.29) is 21.8 Å². The fraction of sp³-hybridized carbons (Fsp3) is 0. The number of nitrogens with one attached hydrogen (secondary N) is 1. The van der Waals surface area contributed by atoms with E-state index in [0.717, 1.165) is 17.8 Å². The molecule has 1 N–H and O–H groups in total. The maximum absolute atomic E-state index is 13.3. The topological polar surface area (TPSA) is 163 Å². The zero-order valence-electron chi connectivity index (χ0n) is 18.7.